The molecule has 0 spiro atoms. The molecule has 0 saturated carbocycles. The molecular formula is C17H22N4O3S. The minimum absolute atomic E-state index is 0.0459. The van der Waals surface area contributed by atoms with Crippen LogP contribution in [0.15, 0.2) is 11.1 Å². The first-order valence-corrected chi connectivity index (χ1v) is 9.38. The Morgan fingerprint density at radius 1 is 1.24 bits per heavy atom. The van der Waals surface area contributed by atoms with Crippen LogP contribution in [-0.2, 0) is 29.0 Å². The van der Waals surface area contributed by atoms with E-state index in [1.807, 2.05) is 0 Å². The molecule has 2 N–H and O–H groups in total. The summed E-state index contributed by atoms with van der Waals surface area (Å²) < 4.78 is 1.53. The molecule has 1 aliphatic carbocycles. The lowest BCUT2D eigenvalue weighted by Crippen LogP contribution is -2.34. The summed E-state index contributed by atoms with van der Waals surface area (Å²) in [7, 11) is 0. The number of carbonyl (C=O) groups is 2. The molecule has 2 amide bonds. The Morgan fingerprint density at radius 2 is 2.00 bits per heavy atom. The Hall–Kier alpha value is -2.22. The van der Waals surface area contributed by atoms with Crippen molar-refractivity contribution in [2.24, 2.45) is 0 Å². The zero-order valence-corrected chi connectivity index (χ0v) is 15.1. The van der Waals surface area contributed by atoms with E-state index < -0.39 is 0 Å². The first-order valence-electron chi connectivity index (χ1n) is 8.57. The van der Waals surface area contributed by atoms with E-state index in [1.54, 1.807) is 11.3 Å². The second kappa shape index (κ2) is 7.77. The highest BCUT2D eigenvalue weighted by molar-refractivity contribution is 7.18. The predicted octanol–water partition coefficient (Wildman–Crippen LogP) is 0.979. The topological polar surface area (TPSA) is 93.1 Å². The van der Waals surface area contributed by atoms with Gasteiger partial charge in [0.25, 0.3) is 5.56 Å². The van der Waals surface area contributed by atoms with Gasteiger partial charge in [-0.1, -0.05) is 0 Å². The molecule has 0 aromatic carbocycles. The third kappa shape index (κ3) is 4.07. The van der Waals surface area contributed by atoms with Crippen molar-refractivity contribution >= 4 is 33.4 Å². The second-order valence-electron chi connectivity index (χ2n) is 6.22. The Kier molecular flexibility index (Phi) is 5.47. The van der Waals surface area contributed by atoms with Gasteiger partial charge in [0, 0.05) is 37.9 Å². The molecular weight excluding hydrogens is 340 g/mol. The van der Waals surface area contributed by atoms with E-state index in [-0.39, 0.29) is 23.8 Å². The molecule has 7 nitrogen and oxygen atoms in total. The van der Waals surface area contributed by atoms with Gasteiger partial charge in [0.15, 0.2) is 0 Å². The van der Waals surface area contributed by atoms with E-state index in [9.17, 15) is 14.4 Å². The number of fused-ring (bicyclic) bond motifs is 3. The smallest absolute Gasteiger partial charge is 0.262 e. The first-order chi connectivity index (χ1) is 12.1. The number of hydrogen-bond donors (Lipinski definition) is 2. The highest BCUT2D eigenvalue weighted by atomic mass is 32.1. The van der Waals surface area contributed by atoms with Gasteiger partial charge in [-0.3, -0.25) is 19.0 Å². The Bertz CT molecular complexity index is 855. The normalized spacial score (nSPS) is 13.5. The summed E-state index contributed by atoms with van der Waals surface area (Å²) in [5.41, 5.74) is 1.12. The number of carbonyl (C=O) groups excluding carboxylic acids is 2. The van der Waals surface area contributed by atoms with Crippen molar-refractivity contribution in [2.45, 2.75) is 45.6 Å². The zero-order chi connectivity index (χ0) is 17.8. The van der Waals surface area contributed by atoms with Gasteiger partial charge in [0.2, 0.25) is 11.8 Å². The van der Waals surface area contributed by atoms with E-state index in [2.05, 4.69) is 15.6 Å². The summed E-state index contributed by atoms with van der Waals surface area (Å²) in [5.74, 6) is -0.274. The maximum absolute atomic E-state index is 12.8. The van der Waals surface area contributed by atoms with E-state index in [4.69, 9.17) is 0 Å². The summed E-state index contributed by atoms with van der Waals surface area (Å²) in [4.78, 5) is 41.9. The molecule has 1 aliphatic rings. The van der Waals surface area contributed by atoms with E-state index in [1.165, 1.54) is 29.1 Å². The van der Waals surface area contributed by atoms with Crippen LogP contribution in [0.5, 0.6) is 0 Å². The summed E-state index contributed by atoms with van der Waals surface area (Å²) in [6.45, 7) is 2.51. The van der Waals surface area contributed by atoms with Crippen LogP contribution in [0.1, 0.15) is 36.6 Å². The van der Waals surface area contributed by atoms with Crippen molar-refractivity contribution in [3.63, 3.8) is 0 Å². The SMILES string of the molecule is CC(=O)NCCNC(=O)CCn1cnc2sc3c(c2c1=O)CCCC3. The third-order valence-corrected chi connectivity index (χ3v) is 5.54. The lowest BCUT2D eigenvalue weighted by molar-refractivity contribution is -0.122. The van der Waals surface area contributed by atoms with Crippen LogP contribution in [0.4, 0.5) is 0 Å². The molecule has 0 saturated heterocycles. The molecule has 3 rings (SSSR count). The minimum atomic E-state index is -0.148. The van der Waals surface area contributed by atoms with Crippen LogP contribution in [0, 0.1) is 0 Å². The van der Waals surface area contributed by atoms with Gasteiger partial charge >= 0.3 is 0 Å². The fraction of sp³-hybridized carbons (Fsp3) is 0.529. The zero-order valence-electron chi connectivity index (χ0n) is 14.3. The van der Waals surface area contributed by atoms with E-state index in [0.29, 0.717) is 19.6 Å². The van der Waals surface area contributed by atoms with Crippen LogP contribution in [0.3, 0.4) is 0 Å². The number of rotatable bonds is 6. The highest BCUT2D eigenvalue weighted by Gasteiger charge is 2.20. The van der Waals surface area contributed by atoms with Crippen LogP contribution in [0.25, 0.3) is 10.2 Å². The van der Waals surface area contributed by atoms with Gasteiger partial charge in [-0.05, 0) is 31.2 Å². The maximum atomic E-state index is 12.8. The molecule has 8 heteroatoms. The van der Waals surface area contributed by atoms with Gasteiger partial charge in [-0.25, -0.2) is 4.98 Å². The van der Waals surface area contributed by atoms with Gasteiger partial charge in [0.05, 0.1) is 11.7 Å². The Morgan fingerprint density at radius 3 is 2.80 bits per heavy atom. The summed E-state index contributed by atoms with van der Waals surface area (Å²) in [6, 6.07) is 0. The van der Waals surface area contributed by atoms with Crippen LogP contribution < -0.4 is 16.2 Å². The number of nitrogens with zero attached hydrogens (tertiary/aromatic N) is 2. The van der Waals surface area contributed by atoms with Gasteiger partial charge in [0.1, 0.15) is 4.83 Å². The van der Waals surface area contributed by atoms with Crippen molar-refractivity contribution in [2.75, 3.05) is 13.1 Å². The third-order valence-electron chi connectivity index (χ3n) is 4.34. The Labute approximate surface area is 149 Å². The average Bonchev–Trinajstić information content (AvgIpc) is 2.97. The fourth-order valence-electron chi connectivity index (χ4n) is 3.09. The molecule has 2 aromatic heterocycles. The molecule has 0 fully saturated rings. The molecule has 2 heterocycles. The maximum Gasteiger partial charge on any atom is 0.262 e. The number of thiophene rings is 1. The first kappa shape index (κ1) is 17.6. The minimum Gasteiger partial charge on any atom is -0.355 e. The lowest BCUT2D eigenvalue weighted by atomic mass is 9.97. The quantitative estimate of drug-likeness (QED) is 0.749. The predicted molar refractivity (Wildman–Crippen MR) is 96.8 cm³/mol. The molecule has 0 aliphatic heterocycles. The number of nitrogens with one attached hydrogen (secondary N) is 2. The molecule has 2 aromatic rings. The van der Waals surface area contributed by atoms with Crippen LogP contribution >= 0.6 is 11.3 Å². The molecule has 25 heavy (non-hydrogen) atoms. The largest absolute Gasteiger partial charge is 0.355 e. The van der Waals surface area contributed by atoms with Crippen molar-refractivity contribution in [1.82, 2.24) is 20.2 Å². The van der Waals surface area contributed by atoms with Crippen molar-refractivity contribution in [3.8, 4) is 0 Å². The summed E-state index contributed by atoms with van der Waals surface area (Å²) in [5, 5.41) is 6.08. The number of hydrogen-bond acceptors (Lipinski definition) is 5. The van der Waals surface area contributed by atoms with Crippen molar-refractivity contribution in [3.05, 3.63) is 27.1 Å². The molecule has 0 bridgehead atoms. The lowest BCUT2D eigenvalue weighted by Gasteiger charge is -2.10. The summed E-state index contributed by atoms with van der Waals surface area (Å²) in [6.07, 6.45) is 6.01. The summed E-state index contributed by atoms with van der Waals surface area (Å²) >= 11 is 1.62. The van der Waals surface area contributed by atoms with Crippen molar-refractivity contribution in [1.29, 1.82) is 0 Å². The standard InChI is InChI=1S/C17H22N4O3S/c1-11(22)18-7-8-19-14(23)6-9-21-10-20-16-15(17(21)24)12-4-2-3-5-13(12)25-16/h10H,2-9H2,1H3,(H,18,22)(H,19,23). The van der Waals surface area contributed by atoms with Crippen molar-refractivity contribution < 1.29 is 9.59 Å². The second-order valence-corrected chi connectivity index (χ2v) is 7.30. The average molecular weight is 362 g/mol. The van der Waals surface area contributed by atoms with Crippen LogP contribution in [-0.4, -0.2) is 34.5 Å². The highest BCUT2D eigenvalue weighted by Crippen LogP contribution is 2.33. The number of amides is 2. The monoisotopic (exact) mass is 362 g/mol. The fourth-order valence-corrected chi connectivity index (χ4v) is 4.31. The molecule has 134 valence electrons. The van der Waals surface area contributed by atoms with E-state index in [0.717, 1.165) is 35.0 Å². The Balaban J connectivity index is 1.64. The van der Waals surface area contributed by atoms with Gasteiger partial charge in [-0.2, -0.15) is 0 Å². The van der Waals surface area contributed by atoms with Gasteiger partial charge in [-0.15, -0.1) is 11.3 Å². The van der Waals surface area contributed by atoms with Gasteiger partial charge < -0.3 is 10.6 Å². The number of aryl methyl sites for hydroxylation is 3. The molecule has 0 unspecified atom stereocenters. The number of aromatic nitrogens is 2. The van der Waals surface area contributed by atoms with E-state index >= 15 is 0 Å². The molecule has 0 atom stereocenters. The van der Waals surface area contributed by atoms with Crippen LogP contribution in [0.2, 0.25) is 0 Å². The molecule has 0 radical (unpaired) electrons.